The number of piperidine rings is 1. The minimum absolute atomic E-state index is 0.250. The molecule has 1 fully saturated rings. The summed E-state index contributed by atoms with van der Waals surface area (Å²) in [6.07, 6.45) is 4.77. The normalized spacial score (nSPS) is 16.8. The first-order valence-electron chi connectivity index (χ1n) is 8.16. The lowest BCUT2D eigenvalue weighted by Crippen LogP contribution is -2.46. The van der Waals surface area contributed by atoms with E-state index in [0.29, 0.717) is 12.8 Å². The lowest BCUT2D eigenvalue weighted by Gasteiger charge is -2.34. The molecule has 0 spiro atoms. The Balaban J connectivity index is 2.42. The van der Waals surface area contributed by atoms with Crippen molar-refractivity contribution in [2.45, 2.75) is 52.0 Å². The van der Waals surface area contributed by atoms with E-state index in [1.807, 2.05) is 19.9 Å². The number of pyridine rings is 1. The maximum absolute atomic E-state index is 12.3. The molecule has 1 aliphatic rings. The highest BCUT2D eigenvalue weighted by molar-refractivity contribution is 5.76. The molecule has 0 unspecified atom stereocenters. The van der Waals surface area contributed by atoms with Gasteiger partial charge in [0.05, 0.1) is 5.69 Å². The third-order valence-corrected chi connectivity index (χ3v) is 5.07. The summed E-state index contributed by atoms with van der Waals surface area (Å²) < 4.78 is 1.42. The summed E-state index contributed by atoms with van der Waals surface area (Å²) >= 11 is 0. The summed E-state index contributed by atoms with van der Waals surface area (Å²) in [4.78, 5) is 26.3. The van der Waals surface area contributed by atoms with E-state index in [0.717, 1.165) is 37.5 Å². The molecule has 0 saturated carbocycles. The molecule has 5 nitrogen and oxygen atoms in total. The van der Waals surface area contributed by atoms with Crippen LogP contribution in [0, 0.1) is 5.92 Å². The van der Waals surface area contributed by atoms with E-state index in [1.54, 1.807) is 6.20 Å². The lowest BCUT2D eigenvalue weighted by atomic mass is 9.92. The zero-order valence-corrected chi connectivity index (χ0v) is 13.7. The molecule has 5 heteroatoms. The molecule has 0 amide bonds. The number of carboxylic acid groups (broad SMARTS) is 1. The van der Waals surface area contributed by atoms with Gasteiger partial charge in [0, 0.05) is 25.4 Å². The number of anilines is 1. The third kappa shape index (κ3) is 2.89. The van der Waals surface area contributed by atoms with Crippen molar-refractivity contribution in [1.29, 1.82) is 0 Å². The Morgan fingerprint density at radius 3 is 2.36 bits per heavy atom. The van der Waals surface area contributed by atoms with Gasteiger partial charge in [-0.3, -0.25) is 9.36 Å². The van der Waals surface area contributed by atoms with Gasteiger partial charge < -0.3 is 10.0 Å². The first-order valence-corrected chi connectivity index (χ1v) is 8.16. The van der Waals surface area contributed by atoms with Crippen LogP contribution in [0.25, 0.3) is 0 Å². The van der Waals surface area contributed by atoms with Crippen LogP contribution in [0.4, 0.5) is 5.69 Å². The molecule has 22 heavy (non-hydrogen) atoms. The van der Waals surface area contributed by atoms with Crippen molar-refractivity contribution >= 4 is 11.7 Å². The van der Waals surface area contributed by atoms with Crippen LogP contribution in [0.3, 0.4) is 0 Å². The molecule has 0 aliphatic carbocycles. The Kier molecular flexibility index (Phi) is 4.94. The summed E-state index contributed by atoms with van der Waals surface area (Å²) in [5.74, 6) is -0.212. The van der Waals surface area contributed by atoms with Gasteiger partial charge >= 0.3 is 5.97 Å². The highest BCUT2D eigenvalue weighted by Gasteiger charge is 2.37. The van der Waals surface area contributed by atoms with Crippen molar-refractivity contribution in [2.75, 3.05) is 18.0 Å². The number of carbonyl (C=O) groups is 1. The third-order valence-electron chi connectivity index (χ3n) is 5.07. The van der Waals surface area contributed by atoms with Gasteiger partial charge in [0.1, 0.15) is 5.54 Å². The summed E-state index contributed by atoms with van der Waals surface area (Å²) in [6.45, 7) is 7.80. The van der Waals surface area contributed by atoms with Gasteiger partial charge in [-0.2, -0.15) is 0 Å². The van der Waals surface area contributed by atoms with Gasteiger partial charge in [0.15, 0.2) is 0 Å². The largest absolute Gasteiger partial charge is 0.479 e. The van der Waals surface area contributed by atoms with Gasteiger partial charge in [-0.1, -0.05) is 20.8 Å². The maximum atomic E-state index is 12.3. The zero-order valence-electron chi connectivity index (χ0n) is 13.7. The van der Waals surface area contributed by atoms with Crippen molar-refractivity contribution in [3.8, 4) is 0 Å². The predicted octanol–water partition coefficient (Wildman–Crippen LogP) is 2.68. The second kappa shape index (κ2) is 6.55. The van der Waals surface area contributed by atoms with Gasteiger partial charge in [-0.05, 0) is 37.7 Å². The fraction of sp³-hybridized carbons (Fsp3) is 0.647. The molecule has 2 rings (SSSR count). The van der Waals surface area contributed by atoms with Crippen LogP contribution in [0.2, 0.25) is 0 Å². The van der Waals surface area contributed by atoms with E-state index in [1.165, 1.54) is 10.6 Å². The Morgan fingerprint density at radius 1 is 1.27 bits per heavy atom. The van der Waals surface area contributed by atoms with Crippen molar-refractivity contribution in [1.82, 2.24) is 4.57 Å². The molecule has 1 N–H and O–H groups in total. The Morgan fingerprint density at radius 2 is 1.86 bits per heavy atom. The van der Waals surface area contributed by atoms with Crippen molar-refractivity contribution in [3.05, 3.63) is 28.7 Å². The Hall–Kier alpha value is -1.78. The average molecular weight is 306 g/mol. The second-order valence-electron chi connectivity index (χ2n) is 6.31. The summed E-state index contributed by atoms with van der Waals surface area (Å²) in [5.41, 5.74) is -0.463. The zero-order chi connectivity index (χ0) is 16.3. The van der Waals surface area contributed by atoms with E-state index in [2.05, 4.69) is 11.8 Å². The highest BCUT2D eigenvalue weighted by atomic mass is 16.4. The Bertz CT molecular complexity index is 582. The molecule has 1 saturated heterocycles. The summed E-state index contributed by atoms with van der Waals surface area (Å²) in [5, 5.41) is 9.66. The van der Waals surface area contributed by atoms with Crippen LogP contribution in [0.1, 0.15) is 46.5 Å². The van der Waals surface area contributed by atoms with E-state index in [-0.39, 0.29) is 5.56 Å². The smallest absolute Gasteiger partial charge is 0.329 e. The van der Waals surface area contributed by atoms with Crippen LogP contribution in [0.15, 0.2) is 23.1 Å². The Labute approximate surface area is 131 Å². The van der Waals surface area contributed by atoms with E-state index >= 15 is 0 Å². The van der Waals surface area contributed by atoms with Gasteiger partial charge in [0.2, 0.25) is 0 Å². The molecule has 1 aromatic rings. The summed E-state index contributed by atoms with van der Waals surface area (Å²) in [7, 11) is 0. The molecule has 122 valence electrons. The summed E-state index contributed by atoms with van der Waals surface area (Å²) in [6, 6.07) is 3.31. The van der Waals surface area contributed by atoms with Gasteiger partial charge in [0.25, 0.3) is 5.56 Å². The standard InChI is InChI=1S/C17H26N2O3/c1-4-17(5-2,16(21)22)19-12-14(6-7-15(19)20)18-10-8-13(3)9-11-18/h6-7,12-13H,4-5,8-11H2,1-3H3,(H,21,22). The number of nitrogens with zero attached hydrogens (tertiary/aromatic N) is 2. The van der Waals surface area contributed by atoms with E-state index in [9.17, 15) is 14.7 Å². The van der Waals surface area contributed by atoms with Crippen LogP contribution >= 0.6 is 0 Å². The number of hydrogen-bond acceptors (Lipinski definition) is 3. The topological polar surface area (TPSA) is 62.5 Å². The molecule has 0 aromatic carbocycles. The average Bonchev–Trinajstić information content (AvgIpc) is 2.51. The monoisotopic (exact) mass is 306 g/mol. The molecular weight excluding hydrogens is 280 g/mol. The highest BCUT2D eigenvalue weighted by Crippen LogP contribution is 2.27. The fourth-order valence-electron chi connectivity index (χ4n) is 3.26. The minimum atomic E-state index is -1.16. The van der Waals surface area contributed by atoms with Crippen LogP contribution in [0.5, 0.6) is 0 Å². The molecule has 1 aromatic heterocycles. The lowest BCUT2D eigenvalue weighted by molar-refractivity contribution is -0.148. The first-order chi connectivity index (χ1) is 10.4. The first kappa shape index (κ1) is 16.6. The van der Waals surface area contributed by atoms with Gasteiger partial charge in [-0.15, -0.1) is 0 Å². The molecule has 1 aliphatic heterocycles. The van der Waals surface area contributed by atoms with Crippen molar-refractivity contribution in [3.63, 3.8) is 0 Å². The van der Waals surface area contributed by atoms with Crippen LogP contribution < -0.4 is 10.5 Å². The van der Waals surface area contributed by atoms with Crippen LogP contribution in [-0.2, 0) is 10.3 Å². The molecule has 0 bridgehead atoms. The predicted molar refractivity (Wildman–Crippen MR) is 87.5 cm³/mol. The molecule has 0 atom stereocenters. The maximum Gasteiger partial charge on any atom is 0.329 e. The number of hydrogen-bond donors (Lipinski definition) is 1. The van der Waals surface area contributed by atoms with E-state index < -0.39 is 11.5 Å². The van der Waals surface area contributed by atoms with Crippen LogP contribution in [-0.4, -0.2) is 28.7 Å². The number of rotatable bonds is 5. The number of aromatic nitrogens is 1. The SMILES string of the molecule is CCC(CC)(C(=O)O)n1cc(N2CCC(C)CC2)ccc1=O. The van der Waals surface area contributed by atoms with Crippen molar-refractivity contribution < 1.29 is 9.90 Å². The van der Waals surface area contributed by atoms with E-state index in [4.69, 9.17) is 0 Å². The minimum Gasteiger partial charge on any atom is -0.479 e. The second-order valence-corrected chi connectivity index (χ2v) is 6.31. The van der Waals surface area contributed by atoms with Gasteiger partial charge in [-0.25, -0.2) is 4.79 Å². The molecule has 2 heterocycles. The number of carboxylic acids is 1. The fourth-order valence-corrected chi connectivity index (χ4v) is 3.26. The quantitative estimate of drug-likeness (QED) is 0.908. The molecular formula is C17H26N2O3. The van der Waals surface area contributed by atoms with Crippen molar-refractivity contribution in [2.24, 2.45) is 5.92 Å². The molecule has 0 radical (unpaired) electrons. The number of aliphatic carboxylic acids is 1.